The summed E-state index contributed by atoms with van der Waals surface area (Å²) in [6.45, 7) is 0.639. The molecule has 0 bridgehead atoms. The minimum absolute atomic E-state index is 0.0100. The Hall–Kier alpha value is -5.42. The van der Waals surface area contributed by atoms with E-state index in [2.05, 4.69) is 20.3 Å². The number of esters is 1. The number of aliphatic hydroxyl groups is 1. The molecule has 2 aromatic carbocycles. The lowest BCUT2D eigenvalue weighted by atomic mass is 9.98. The molecule has 3 amide bonds. The van der Waals surface area contributed by atoms with Crippen LogP contribution in [0, 0.1) is 12.7 Å². The van der Waals surface area contributed by atoms with Gasteiger partial charge in [0.05, 0.1) is 37.1 Å². The summed E-state index contributed by atoms with van der Waals surface area (Å²) < 4.78 is 66.5. The van der Waals surface area contributed by atoms with Gasteiger partial charge in [0.15, 0.2) is 12.0 Å². The van der Waals surface area contributed by atoms with Crippen LogP contribution in [-0.4, -0.2) is 90.1 Å². The van der Waals surface area contributed by atoms with Crippen molar-refractivity contribution in [3.05, 3.63) is 83.2 Å². The Morgan fingerprint density at radius 3 is 2.62 bits per heavy atom. The first-order valence-corrected chi connectivity index (χ1v) is 15.3. The van der Waals surface area contributed by atoms with Crippen molar-refractivity contribution in [2.75, 3.05) is 48.6 Å². The number of nitrogens with one attached hydrogen (secondary N) is 1. The maximum absolute atomic E-state index is 15.5. The van der Waals surface area contributed by atoms with Crippen LogP contribution in [-0.2, 0) is 20.7 Å². The maximum Gasteiger partial charge on any atom is 0.411 e. The third-order valence-electron chi connectivity index (χ3n) is 8.66. The number of anilines is 3. The van der Waals surface area contributed by atoms with Crippen LogP contribution >= 0.6 is 0 Å². The van der Waals surface area contributed by atoms with Crippen molar-refractivity contribution in [1.82, 2.24) is 20.3 Å². The number of fused-ring (bicyclic) bond motifs is 2. The number of hydrogen-bond donors (Lipinski definition) is 2. The number of urea groups is 1. The van der Waals surface area contributed by atoms with E-state index in [1.54, 1.807) is 18.2 Å². The predicted molar refractivity (Wildman–Crippen MR) is 171 cm³/mol. The molecule has 1 unspecified atom stereocenters. The van der Waals surface area contributed by atoms with E-state index >= 15 is 4.39 Å². The summed E-state index contributed by atoms with van der Waals surface area (Å²) >= 11 is 0. The molecule has 3 atom stereocenters. The van der Waals surface area contributed by atoms with Gasteiger partial charge in [-0.25, -0.2) is 19.0 Å². The number of aryl methyl sites for hydroxylation is 1. The lowest BCUT2D eigenvalue weighted by Gasteiger charge is -2.38. The molecule has 4 aromatic rings. The van der Waals surface area contributed by atoms with E-state index < -0.39 is 60.4 Å². The zero-order chi connectivity index (χ0) is 35.9. The first kappa shape index (κ1) is 34.4. The number of benzene rings is 2. The summed E-state index contributed by atoms with van der Waals surface area (Å²) in [4.78, 5) is 56.0. The number of methoxy groups -OCH3 is 1. The zero-order valence-corrected chi connectivity index (χ0v) is 26.9. The summed E-state index contributed by atoms with van der Waals surface area (Å²) in [6.07, 6.45) is -2.02. The van der Waals surface area contributed by atoms with Crippen LogP contribution < -0.4 is 20.0 Å². The largest absolute Gasteiger partial charge is 0.467 e. The minimum Gasteiger partial charge on any atom is -0.467 e. The van der Waals surface area contributed by atoms with Gasteiger partial charge < -0.3 is 24.8 Å². The van der Waals surface area contributed by atoms with E-state index in [1.807, 2.05) is 0 Å². The van der Waals surface area contributed by atoms with E-state index in [4.69, 9.17) is 9.47 Å². The first-order chi connectivity index (χ1) is 23.8. The van der Waals surface area contributed by atoms with Crippen molar-refractivity contribution in [3.63, 3.8) is 0 Å². The van der Waals surface area contributed by atoms with Crippen LogP contribution in [0.25, 0.3) is 10.9 Å². The Morgan fingerprint density at radius 1 is 1.14 bits per heavy atom. The van der Waals surface area contributed by atoms with Gasteiger partial charge in [0.1, 0.15) is 23.6 Å². The standard InChI is InChI=1S/C33H31F4N7O6/c1-17-13-19(43-11-12-50-16-24(43)33(35,36)37)15-21(34)25(17)29(45)41-22(31(47)49-3)14-18-6-7-23(26-20(18)5-4-8-38-26)44-30(46)27-28(40-10-9-39-27)42(2)32(44)48/h4-10,13,15,22,24,30,46H,11-12,14,16H2,1-3H3,(H,41,45)/t22-,24+,30?/m0/s1. The number of ether oxygens (including phenoxy) is 2. The quantitative estimate of drug-likeness (QED) is 0.216. The number of amides is 3. The molecule has 0 saturated carbocycles. The van der Waals surface area contributed by atoms with Crippen LogP contribution in [0.4, 0.5) is 39.5 Å². The highest BCUT2D eigenvalue weighted by Gasteiger charge is 2.46. The molecule has 4 heterocycles. The second-order valence-corrected chi connectivity index (χ2v) is 11.7. The first-order valence-electron chi connectivity index (χ1n) is 15.3. The number of aliphatic hydroxyl groups excluding tert-OH is 1. The summed E-state index contributed by atoms with van der Waals surface area (Å²) in [5.74, 6) is -2.72. The smallest absolute Gasteiger partial charge is 0.411 e. The Morgan fingerprint density at radius 2 is 1.90 bits per heavy atom. The van der Waals surface area contributed by atoms with Crippen LogP contribution in [0.15, 0.2) is 55.0 Å². The fourth-order valence-corrected chi connectivity index (χ4v) is 6.23. The van der Waals surface area contributed by atoms with Crippen molar-refractivity contribution in [3.8, 4) is 0 Å². The Kier molecular flexibility index (Phi) is 9.28. The van der Waals surface area contributed by atoms with Gasteiger partial charge in [0.25, 0.3) is 5.91 Å². The molecule has 0 spiro atoms. The Bertz CT molecular complexity index is 1960. The van der Waals surface area contributed by atoms with Crippen LogP contribution in [0.1, 0.15) is 33.4 Å². The molecular formula is C33H31F4N7O6. The van der Waals surface area contributed by atoms with Crippen molar-refractivity contribution in [2.45, 2.75) is 37.8 Å². The summed E-state index contributed by atoms with van der Waals surface area (Å²) in [7, 11) is 2.60. The molecule has 2 aromatic heterocycles. The molecule has 2 N–H and O–H groups in total. The molecule has 1 saturated heterocycles. The number of rotatable bonds is 7. The molecule has 2 aliphatic heterocycles. The van der Waals surface area contributed by atoms with Crippen molar-refractivity contribution in [1.29, 1.82) is 0 Å². The average Bonchev–Trinajstić information content (AvgIpc) is 3.10. The SMILES string of the molecule is COC(=O)[C@H](Cc1ccc(N2C(=O)N(C)c3nccnc3C2O)c2ncccc12)NC(=O)c1c(C)cc(N2CCOC[C@@H]2C(F)(F)F)cc1F. The molecule has 2 aliphatic rings. The lowest BCUT2D eigenvalue weighted by Crippen LogP contribution is -2.53. The number of halogens is 4. The molecule has 50 heavy (non-hydrogen) atoms. The molecule has 1 fully saturated rings. The number of alkyl halides is 3. The van der Waals surface area contributed by atoms with Crippen LogP contribution in [0.5, 0.6) is 0 Å². The van der Waals surface area contributed by atoms with Gasteiger partial charge in [-0.2, -0.15) is 13.2 Å². The van der Waals surface area contributed by atoms with Crippen molar-refractivity contribution < 1.29 is 46.5 Å². The molecule has 0 aliphatic carbocycles. The van der Waals surface area contributed by atoms with E-state index in [0.717, 1.165) is 23.0 Å². The van der Waals surface area contributed by atoms with Gasteiger partial charge in [-0.3, -0.25) is 24.6 Å². The highest BCUT2D eigenvalue weighted by atomic mass is 19.4. The number of hydrogen-bond acceptors (Lipinski definition) is 10. The number of nitrogens with zero attached hydrogens (tertiary/aromatic N) is 6. The van der Waals surface area contributed by atoms with Crippen molar-refractivity contribution in [2.24, 2.45) is 0 Å². The average molecular weight is 698 g/mol. The number of aromatic nitrogens is 3. The number of pyridine rings is 1. The molecule has 6 rings (SSSR count). The lowest BCUT2D eigenvalue weighted by molar-refractivity contribution is -0.167. The van der Waals surface area contributed by atoms with E-state index in [1.165, 1.54) is 49.6 Å². The topological polar surface area (TPSA) is 150 Å². The summed E-state index contributed by atoms with van der Waals surface area (Å²) in [6, 6.07) is 4.63. The molecule has 13 nitrogen and oxygen atoms in total. The zero-order valence-electron chi connectivity index (χ0n) is 26.9. The number of carbonyl (C=O) groups excluding carboxylic acids is 3. The predicted octanol–water partition coefficient (Wildman–Crippen LogP) is 3.82. The van der Waals surface area contributed by atoms with E-state index in [9.17, 15) is 32.7 Å². The fraction of sp³-hybridized carbons (Fsp3) is 0.333. The van der Waals surface area contributed by atoms with Gasteiger partial charge in [0, 0.05) is 49.7 Å². The molecule has 262 valence electrons. The second kappa shape index (κ2) is 13.5. The maximum atomic E-state index is 15.5. The van der Waals surface area contributed by atoms with Gasteiger partial charge in [-0.05, 0) is 42.3 Å². The Balaban J connectivity index is 1.29. The number of morpholine rings is 1. The number of carbonyl (C=O) groups is 3. The van der Waals surface area contributed by atoms with E-state index in [-0.39, 0.29) is 53.5 Å². The third kappa shape index (κ3) is 6.24. The summed E-state index contributed by atoms with van der Waals surface area (Å²) in [5, 5.41) is 14.2. The van der Waals surface area contributed by atoms with Gasteiger partial charge >= 0.3 is 18.2 Å². The molecule has 17 heteroatoms. The van der Waals surface area contributed by atoms with Crippen LogP contribution in [0.2, 0.25) is 0 Å². The minimum atomic E-state index is -4.63. The van der Waals surface area contributed by atoms with Gasteiger partial charge in [-0.1, -0.05) is 12.1 Å². The highest BCUT2D eigenvalue weighted by Crippen LogP contribution is 2.39. The van der Waals surface area contributed by atoms with E-state index in [0.29, 0.717) is 10.9 Å². The fourth-order valence-electron chi connectivity index (χ4n) is 6.23. The second-order valence-electron chi connectivity index (χ2n) is 11.7. The molecular weight excluding hydrogens is 666 g/mol. The monoisotopic (exact) mass is 697 g/mol. The normalized spacial score (nSPS) is 18.6. The van der Waals surface area contributed by atoms with Gasteiger partial charge in [0.2, 0.25) is 0 Å². The third-order valence-corrected chi connectivity index (χ3v) is 8.66. The summed E-state index contributed by atoms with van der Waals surface area (Å²) in [5.41, 5.74) is 0.681. The molecule has 0 radical (unpaired) electrons. The Labute approximate surface area is 282 Å². The van der Waals surface area contributed by atoms with Gasteiger partial charge in [-0.15, -0.1) is 0 Å². The van der Waals surface area contributed by atoms with Crippen molar-refractivity contribution >= 4 is 46.0 Å². The highest BCUT2D eigenvalue weighted by molar-refractivity contribution is 6.10. The van der Waals surface area contributed by atoms with Crippen LogP contribution in [0.3, 0.4) is 0 Å².